The molecule has 3 heterocycles. The molecule has 1 N–H and O–H groups in total. The number of nitrogens with one attached hydrogen (secondary N) is 1. The molecule has 0 aliphatic carbocycles. The van der Waals surface area contributed by atoms with E-state index in [1.807, 2.05) is 48.9 Å². The monoisotopic (exact) mass is 469 g/mol. The molecule has 0 atom stereocenters. The molecule has 0 unspecified atom stereocenters. The van der Waals surface area contributed by atoms with Crippen LogP contribution in [-0.4, -0.2) is 34.4 Å². The summed E-state index contributed by atoms with van der Waals surface area (Å²) in [6.45, 7) is 4.58. The Morgan fingerprint density at radius 2 is 1.79 bits per heavy atom. The van der Waals surface area contributed by atoms with Crippen molar-refractivity contribution in [3.8, 4) is 0 Å². The Balaban J connectivity index is 1.53. The van der Waals surface area contributed by atoms with Gasteiger partial charge in [0, 0.05) is 31.9 Å². The molecule has 0 aliphatic rings. The van der Waals surface area contributed by atoms with E-state index in [9.17, 15) is 14.4 Å². The van der Waals surface area contributed by atoms with Gasteiger partial charge in [0.1, 0.15) is 6.54 Å². The summed E-state index contributed by atoms with van der Waals surface area (Å²) >= 11 is 6.20. The van der Waals surface area contributed by atoms with Gasteiger partial charge in [0.2, 0.25) is 11.2 Å². The zero-order chi connectivity index (χ0) is 23.9. The summed E-state index contributed by atoms with van der Waals surface area (Å²) < 4.78 is 5.41. The third kappa shape index (κ3) is 4.09. The Kier molecular flexibility index (Phi) is 5.94. The average Bonchev–Trinajstić information content (AvgIpc) is 3.25. The Morgan fingerprint density at radius 1 is 1.09 bits per heavy atom. The lowest BCUT2D eigenvalue weighted by Gasteiger charge is -2.09. The molecule has 1 aromatic carbocycles. The number of carbonyl (C=O) groups excluding carboxylic acids is 1. The first-order chi connectivity index (χ1) is 15.7. The second-order valence-electron chi connectivity index (χ2n) is 7.91. The van der Waals surface area contributed by atoms with Crippen LogP contribution in [0.3, 0.4) is 0 Å². The Bertz CT molecular complexity index is 1480. The van der Waals surface area contributed by atoms with Gasteiger partial charge in [-0.2, -0.15) is 10.1 Å². The van der Waals surface area contributed by atoms with E-state index in [1.54, 1.807) is 0 Å². The number of amides is 1. The van der Waals surface area contributed by atoms with Crippen molar-refractivity contribution in [1.29, 1.82) is 0 Å². The van der Waals surface area contributed by atoms with E-state index in [4.69, 9.17) is 11.6 Å². The minimum atomic E-state index is -0.561. The van der Waals surface area contributed by atoms with E-state index < -0.39 is 11.2 Å². The number of halogens is 1. The van der Waals surface area contributed by atoms with Crippen molar-refractivity contribution in [3.05, 3.63) is 79.0 Å². The van der Waals surface area contributed by atoms with Gasteiger partial charge in [-0.1, -0.05) is 30.3 Å². The molecule has 4 aromatic rings. The van der Waals surface area contributed by atoms with Crippen molar-refractivity contribution in [2.24, 2.45) is 14.1 Å². The van der Waals surface area contributed by atoms with Crippen molar-refractivity contribution in [2.75, 3.05) is 0 Å². The molecule has 0 bridgehead atoms. The number of rotatable bonds is 6. The number of carbonyl (C=O) groups is 1. The molecule has 10 nitrogen and oxygen atoms in total. The number of aryl methyl sites for hydroxylation is 2. The maximum atomic E-state index is 12.7. The molecule has 0 saturated heterocycles. The highest BCUT2D eigenvalue weighted by Gasteiger charge is 2.20. The summed E-state index contributed by atoms with van der Waals surface area (Å²) in [6.07, 6.45) is 0. The molecular weight excluding hydrogens is 446 g/mol. The summed E-state index contributed by atoms with van der Waals surface area (Å²) in [7, 11) is 2.87. The predicted octanol–water partition coefficient (Wildman–Crippen LogP) is 1.27. The molecule has 1 amide bonds. The van der Waals surface area contributed by atoms with Gasteiger partial charge in [0.15, 0.2) is 11.2 Å². The second kappa shape index (κ2) is 8.70. The van der Waals surface area contributed by atoms with E-state index in [1.165, 1.54) is 23.2 Å². The normalized spacial score (nSPS) is 11.3. The number of imidazole rings is 1. The SMILES string of the molecule is Cc1nn(Cc2ccccc2)c(C)c1CNC(=O)Cn1c(Cl)nc2c1c(=O)n(C)c(=O)n2C. The van der Waals surface area contributed by atoms with Crippen LogP contribution in [0.4, 0.5) is 0 Å². The summed E-state index contributed by atoms with van der Waals surface area (Å²) in [5, 5.41) is 7.44. The van der Waals surface area contributed by atoms with Crippen molar-refractivity contribution in [3.63, 3.8) is 0 Å². The maximum absolute atomic E-state index is 12.7. The molecule has 33 heavy (non-hydrogen) atoms. The largest absolute Gasteiger partial charge is 0.350 e. The second-order valence-corrected chi connectivity index (χ2v) is 8.25. The Hall–Kier alpha value is -3.66. The zero-order valence-electron chi connectivity index (χ0n) is 18.8. The standard InChI is InChI=1S/C22H24ClN7O3/c1-13-16(14(2)30(26-13)11-15-8-6-5-7-9-15)10-24-17(31)12-29-18-19(25-21(29)23)27(3)22(33)28(4)20(18)32/h5-9H,10-12H2,1-4H3,(H,24,31). The van der Waals surface area contributed by atoms with Gasteiger partial charge in [-0.25, -0.2) is 4.79 Å². The summed E-state index contributed by atoms with van der Waals surface area (Å²) in [4.78, 5) is 41.6. The minimum Gasteiger partial charge on any atom is -0.350 e. The number of aromatic nitrogens is 6. The van der Waals surface area contributed by atoms with E-state index in [-0.39, 0.29) is 35.4 Å². The van der Waals surface area contributed by atoms with Crippen LogP contribution in [0.1, 0.15) is 22.5 Å². The Labute approximate surface area is 194 Å². The first-order valence-corrected chi connectivity index (χ1v) is 10.7. The molecule has 0 spiro atoms. The number of nitrogens with zero attached hydrogens (tertiary/aromatic N) is 6. The smallest absolute Gasteiger partial charge is 0.332 e. The summed E-state index contributed by atoms with van der Waals surface area (Å²) in [5.41, 5.74) is 3.02. The maximum Gasteiger partial charge on any atom is 0.332 e. The highest BCUT2D eigenvalue weighted by atomic mass is 35.5. The van der Waals surface area contributed by atoms with Gasteiger partial charge in [0.05, 0.1) is 12.2 Å². The molecule has 0 aliphatic heterocycles. The van der Waals surface area contributed by atoms with E-state index in [2.05, 4.69) is 15.4 Å². The average molecular weight is 470 g/mol. The van der Waals surface area contributed by atoms with Crippen molar-refractivity contribution in [2.45, 2.75) is 33.5 Å². The van der Waals surface area contributed by atoms with Gasteiger partial charge in [-0.3, -0.25) is 28.0 Å². The van der Waals surface area contributed by atoms with Crippen LogP contribution >= 0.6 is 11.6 Å². The van der Waals surface area contributed by atoms with Crippen molar-refractivity contribution >= 4 is 28.7 Å². The van der Waals surface area contributed by atoms with Gasteiger partial charge in [-0.05, 0) is 31.0 Å². The lowest BCUT2D eigenvalue weighted by molar-refractivity contribution is -0.121. The van der Waals surface area contributed by atoms with Crippen LogP contribution in [0, 0.1) is 13.8 Å². The van der Waals surface area contributed by atoms with Crippen LogP contribution in [0.5, 0.6) is 0 Å². The molecule has 0 saturated carbocycles. The van der Waals surface area contributed by atoms with Crippen LogP contribution in [-0.2, 0) is 38.5 Å². The van der Waals surface area contributed by atoms with E-state index in [0.717, 1.165) is 27.1 Å². The van der Waals surface area contributed by atoms with Gasteiger partial charge >= 0.3 is 5.69 Å². The molecule has 172 valence electrons. The molecule has 4 rings (SSSR count). The van der Waals surface area contributed by atoms with E-state index in [0.29, 0.717) is 6.54 Å². The first kappa shape index (κ1) is 22.5. The van der Waals surface area contributed by atoms with Crippen LogP contribution in [0.25, 0.3) is 11.2 Å². The van der Waals surface area contributed by atoms with Crippen molar-refractivity contribution < 1.29 is 4.79 Å². The van der Waals surface area contributed by atoms with Gasteiger partial charge in [0.25, 0.3) is 5.56 Å². The fourth-order valence-electron chi connectivity index (χ4n) is 3.85. The van der Waals surface area contributed by atoms with Crippen LogP contribution in [0.15, 0.2) is 39.9 Å². The number of hydrogen-bond acceptors (Lipinski definition) is 5. The van der Waals surface area contributed by atoms with E-state index >= 15 is 0 Å². The minimum absolute atomic E-state index is 0.0403. The first-order valence-electron chi connectivity index (χ1n) is 10.3. The fourth-order valence-corrected chi connectivity index (χ4v) is 4.08. The molecule has 0 fully saturated rings. The molecule has 3 aromatic heterocycles. The summed E-state index contributed by atoms with van der Waals surface area (Å²) in [6, 6.07) is 10.0. The fraction of sp³-hybridized carbons (Fsp3) is 0.318. The topological polar surface area (TPSA) is 109 Å². The van der Waals surface area contributed by atoms with Gasteiger partial charge < -0.3 is 5.32 Å². The number of fused-ring (bicyclic) bond motifs is 1. The number of hydrogen-bond donors (Lipinski definition) is 1. The van der Waals surface area contributed by atoms with Crippen molar-refractivity contribution in [1.82, 2.24) is 33.8 Å². The molecule has 11 heteroatoms. The third-order valence-corrected chi connectivity index (χ3v) is 6.06. The highest BCUT2D eigenvalue weighted by molar-refractivity contribution is 6.29. The van der Waals surface area contributed by atoms with Crippen LogP contribution < -0.4 is 16.6 Å². The number of benzene rings is 1. The highest BCUT2D eigenvalue weighted by Crippen LogP contribution is 2.17. The summed E-state index contributed by atoms with van der Waals surface area (Å²) in [5.74, 6) is -0.346. The zero-order valence-corrected chi connectivity index (χ0v) is 19.5. The lowest BCUT2D eigenvalue weighted by Crippen LogP contribution is -2.38. The molecule has 0 radical (unpaired) electrons. The van der Waals surface area contributed by atoms with Crippen LogP contribution in [0.2, 0.25) is 5.28 Å². The Morgan fingerprint density at radius 3 is 2.48 bits per heavy atom. The predicted molar refractivity (Wildman–Crippen MR) is 124 cm³/mol. The third-order valence-electron chi connectivity index (χ3n) is 5.77. The lowest BCUT2D eigenvalue weighted by atomic mass is 10.2. The quantitative estimate of drug-likeness (QED) is 0.428. The van der Waals surface area contributed by atoms with Gasteiger partial charge in [-0.15, -0.1) is 0 Å². The molecular formula is C22H24ClN7O3.